The lowest BCUT2D eigenvalue weighted by Crippen LogP contribution is -2.18. The van der Waals surface area contributed by atoms with Crippen molar-refractivity contribution in [2.45, 2.75) is 19.6 Å². The first kappa shape index (κ1) is 19.8. The van der Waals surface area contributed by atoms with E-state index in [1.54, 1.807) is 6.07 Å². The van der Waals surface area contributed by atoms with Crippen LogP contribution in [-0.2, 0) is 19.8 Å². The van der Waals surface area contributed by atoms with Crippen LogP contribution in [0, 0.1) is 6.92 Å². The highest BCUT2D eigenvalue weighted by Crippen LogP contribution is 2.31. The number of pyridine rings is 1. The maximum atomic E-state index is 13.2. The van der Waals surface area contributed by atoms with Gasteiger partial charge in [0.25, 0.3) is 5.91 Å². The van der Waals surface area contributed by atoms with E-state index in [4.69, 9.17) is 0 Å². The Morgan fingerprint density at radius 1 is 1.25 bits per heavy atom. The highest BCUT2D eigenvalue weighted by atomic mass is 19.4. The van der Waals surface area contributed by atoms with Crippen molar-refractivity contribution < 1.29 is 18.0 Å². The van der Waals surface area contributed by atoms with Crippen LogP contribution >= 0.6 is 0 Å². The summed E-state index contributed by atoms with van der Waals surface area (Å²) < 4.78 is 40.4. The van der Waals surface area contributed by atoms with E-state index in [0.29, 0.717) is 12.2 Å². The van der Waals surface area contributed by atoms with Crippen LogP contribution in [0.5, 0.6) is 0 Å². The van der Waals surface area contributed by atoms with Crippen LogP contribution in [0.1, 0.15) is 27.3 Å². The number of hydrogen-bond donors (Lipinski definition) is 1. The molecule has 0 unspecified atom stereocenters. The molecule has 0 spiro atoms. The van der Waals surface area contributed by atoms with Gasteiger partial charge in [0.05, 0.1) is 17.3 Å². The number of aryl methyl sites for hydroxylation is 2. The van der Waals surface area contributed by atoms with Crippen molar-refractivity contribution in [2.75, 3.05) is 19.4 Å². The molecule has 1 amide bonds. The lowest BCUT2D eigenvalue weighted by Gasteiger charge is -2.16. The predicted molar refractivity (Wildman–Crippen MR) is 100 cm³/mol. The summed E-state index contributed by atoms with van der Waals surface area (Å²) in [7, 11) is 5.05. The van der Waals surface area contributed by atoms with Gasteiger partial charge in [0.1, 0.15) is 5.52 Å². The van der Waals surface area contributed by atoms with Crippen LogP contribution in [0.2, 0.25) is 0 Å². The Bertz CT molecular complexity index is 1040. The zero-order chi connectivity index (χ0) is 20.6. The summed E-state index contributed by atoms with van der Waals surface area (Å²) in [6.07, 6.45) is -2.17. The highest BCUT2D eigenvalue weighted by molar-refractivity contribution is 6.11. The Kier molecular flexibility index (Phi) is 5.12. The summed E-state index contributed by atoms with van der Waals surface area (Å²) in [5, 5.41) is 2.80. The van der Waals surface area contributed by atoms with Crippen molar-refractivity contribution in [3.8, 4) is 0 Å². The number of alkyl halides is 3. The van der Waals surface area contributed by atoms with Gasteiger partial charge < -0.3 is 14.8 Å². The van der Waals surface area contributed by atoms with Crippen LogP contribution in [0.15, 0.2) is 30.6 Å². The lowest BCUT2D eigenvalue weighted by atomic mass is 10.1. The molecule has 0 aliphatic rings. The van der Waals surface area contributed by atoms with E-state index >= 15 is 0 Å². The molecule has 0 atom stereocenters. The van der Waals surface area contributed by atoms with Crippen LogP contribution in [0.3, 0.4) is 0 Å². The van der Waals surface area contributed by atoms with E-state index in [0.717, 1.165) is 15.7 Å². The molecule has 148 valence electrons. The number of benzene rings is 1. The molecule has 6 nitrogen and oxygen atoms in total. The molecule has 2 aromatic heterocycles. The SMILES string of the molecule is Cc1ccc(NC(=O)c2cncc3nc(C(F)(F)F)n(C)c23)c(CN(C)C)c1. The number of amides is 1. The molecular formula is C19H20F3N5O. The topological polar surface area (TPSA) is 63.1 Å². The summed E-state index contributed by atoms with van der Waals surface area (Å²) in [6.45, 7) is 2.55. The molecule has 0 saturated carbocycles. The predicted octanol–water partition coefficient (Wildman–Crippen LogP) is 3.61. The van der Waals surface area contributed by atoms with Crippen molar-refractivity contribution in [3.63, 3.8) is 0 Å². The van der Waals surface area contributed by atoms with E-state index in [-0.39, 0.29) is 16.6 Å². The number of nitrogens with one attached hydrogen (secondary N) is 1. The van der Waals surface area contributed by atoms with E-state index in [9.17, 15) is 18.0 Å². The van der Waals surface area contributed by atoms with Gasteiger partial charge in [-0.3, -0.25) is 9.78 Å². The Balaban J connectivity index is 2.03. The van der Waals surface area contributed by atoms with Gasteiger partial charge in [0.15, 0.2) is 0 Å². The maximum Gasteiger partial charge on any atom is 0.449 e. The number of halogens is 3. The number of carbonyl (C=O) groups excluding carboxylic acids is 1. The molecule has 28 heavy (non-hydrogen) atoms. The first-order valence-corrected chi connectivity index (χ1v) is 8.51. The van der Waals surface area contributed by atoms with Crippen LogP contribution < -0.4 is 5.32 Å². The van der Waals surface area contributed by atoms with Crippen molar-refractivity contribution in [1.82, 2.24) is 19.4 Å². The maximum absolute atomic E-state index is 13.2. The summed E-state index contributed by atoms with van der Waals surface area (Å²) in [6, 6.07) is 5.60. The average Bonchev–Trinajstić information content (AvgIpc) is 2.94. The number of carbonyl (C=O) groups is 1. The van der Waals surface area contributed by atoms with E-state index in [1.165, 1.54) is 19.4 Å². The third-order valence-electron chi connectivity index (χ3n) is 4.27. The fraction of sp³-hybridized carbons (Fsp3) is 0.316. The second-order valence-corrected chi connectivity index (χ2v) is 6.90. The second kappa shape index (κ2) is 7.23. The number of fused-ring (bicyclic) bond motifs is 1. The molecule has 1 N–H and O–H groups in total. The monoisotopic (exact) mass is 391 g/mol. The number of aromatic nitrogens is 3. The number of nitrogens with zero attached hydrogens (tertiary/aromatic N) is 4. The smallest absolute Gasteiger partial charge is 0.323 e. The quantitative estimate of drug-likeness (QED) is 0.738. The molecule has 0 aliphatic heterocycles. The summed E-state index contributed by atoms with van der Waals surface area (Å²) in [4.78, 5) is 22.3. The van der Waals surface area contributed by atoms with Gasteiger partial charge in [-0.2, -0.15) is 13.2 Å². The average molecular weight is 391 g/mol. The minimum absolute atomic E-state index is 0.0138. The van der Waals surface area contributed by atoms with Gasteiger partial charge >= 0.3 is 6.18 Å². The number of anilines is 1. The molecule has 0 aliphatic carbocycles. The van der Waals surface area contributed by atoms with Crippen molar-refractivity contribution in [2.24, 2.45) is 7.05 Å². The first-order valence-electron chi connectivity index (χ1n) is 8.51. The van der Waals surface area contributed by atoms with Gasteiger partial charge in [0.2, 0.25) is 5.82 Å². The van der Waals surface area contributed by atoms with Crippen LogP contribution in [0.4, 0.5) is 18.9 Å². The summed E-state index contributed by atoms with van der Waals surface area (Å²) in [5.41, 5.74) is 2.67. The van der Waals surface area contributed by atoms with E-state index in [1.807, 2.05) is 38.1 Å². The summed E-state index contributed by atoms with van der Waals surface area (Å²) >= 11 is 0. The minimum Gasteiger partial charge on any atom is -0.323 e. The fourth-order valence-corrected chi connectivity index (χ4v) is 3.10. The molecule has 3 rings (SSSR count). The van der Waals surface area contributed by atoms with Crippen LogP contribution in [0.25, 0.3) is 11.0 Å². The van der Waals surface area contributed by atoms with Gasteiger partial charge in [-0.05, 0) is 32.6 Å². The summed E-state index contributed by atoms with van der Waals surface area (Å²) in [5.74, 6) is -1.62. The lowest BCUT2D eigenvalue weighted by molar-refractivity contribution is -0.146. The van der Waals surface area contributed by atoms with Crippen molar-refractivity contribution in [1.29, 1.82) is 0 Å². The molecular weight excluding hydrogens is 371 g/mol. The first-order chi connectivity index (χ1) is 13.1. The number of imidazole rings is 1. The van der Waals surface area contributed by atoms with E-state index < -0.39 is 17.9 Å². The zero-order valence-electron chi connectivity index (χ0n) is 15.9. The zero-order valence-corrected chi connectivity index (χ0v) is 15.9. The molecule has 2 heterocycles. The molecule has 0 bridgehead atoms. The Morgan fingerprint density at radius 2 is 1.96 bits per heavy atom. The van der Waals surface area contributed by atoms with Gasteiger partial charge in [-0.15, -0.1) is 0 Å². The van der Waals surface area contributed by atoms with Crippen molar-refractivity contribution >= 4 is 22.6 Å². The van der Waals surface area contributed by atoms with Gasteiger partial charge in [-0.1, -0.05) is 17.7 Å². The molecule has 9 heteroatoms. The van der Waals surface area contributed by atoms with Gasteiger partial charge in [0, 0.05) is 25.5 Å². The highest BCUT2D eigenvalue weighted by Gasteiger charge is 2.37. The normalized spacial score (nSPS) is 12.0. The molecule has 0 fully saturated rings. The van der Waals surface area contributed by atoms with Crippen LogP contribution in [-0.4, -0.2) is 39.4 Å². The van der Waals surface area contributed by atoms with Crippen molar-refractivity contribution in [3.05, 3.63) is 53.1 Å². The Morgan fingerprint density at radius 3 is 2.61 bits per heavy atom. The number of rotatable bonds is 4. The third-order valence-corrected chi connectivity index (χ3v) is 4.27. The molecule has 1 aromatic carbocycles. The molecule has 0 radical (unpaired) electrons. The largest absolute Gasteiger partial charge is 0.449 e. The fourth-order valence-electron chi connectivity index (χ4n) is 3.10. The number of hydrogen-bond acceptors (Lipinski definition) is 4. The minimum atomic E-state index is -4.63. The standard InChI is InChI=1S/C19H20F3N5O/c1-11-5-6-14(12(7-11)10-26(2)3)24-17(28)13-8-23-9-15-16(13)27(4)18(25-15)19(20,21)22/h5-9H,10H2,1-4H3,(H,24,28). The van der Waals surface area contributed by atoms with Gasteiger partial charge in [-0.25, -0.2) is 4.98 Å². The third kappa shape index (κ3) is 3.84. The Labute approximate surface area is 160 Å². The molecule has 0 saturated heterocycles. The Hall–Kier alpha value is -2.94. The molecule has 3 aromatic rings. The second-order valence-electron chi connectivity index (χ2n) is 6.90. The van der Waals surface area contributed by atoms with E-state index in [2.05, 4.69) is 15.3 Å².